The predicted molar refractivity (Wildman–Crippen MR) is 61.2 cm³/mol. The van der Waals surface area contributed by atoms with Crippen molar-refractivity contribution < 1.29 is 0 Å². The van der Waals surface area contributed by atoms with Gasteiger partial charge in [0, 0.05) is 12.5 Å². The molecule has 1 unspecified atom stereocenters. The van der Waals surface area contributed by atoms with Gasteiger partial charge in [-0.05, 0) is 26.0 Å². The van der Waals surface area contributed by atoms with Crippen LogP contribution in [0, 0.1) is 19.3 Å². The van der Waals surface area contributed by atoms with Crippen molar-refractivity contribution in [1.82, 2.24) is 5.32 Å². The Kier molecular flexibility index (Phi) is 4.22. The minimum Gasteiger partial charge on any atom is -0.316 e. The second-order valence-corrected chi connectivity index (χ2v) is 3.59. The molecule has 0 bridgehead atoms. The summed E-state index contributed by atoms with van der Waals surface area (Å²) in [5.41, 5.74) is 2.65. The van der Waals surface area contributed by atoms with Gasteiger partial charge in [0.25, 0.3) is 0 Å². The molecule has 0 aliphatic heterocycles. The van der Waals surface area contributed by atoms with E-state index in [4.69, 9.17) is 6.42 Å². The molecule has 1 N–H and O–H groups in total. The summed E-state index contributed by atoms with van der Waals surface area (Å²) in [7, 11) is 1.96. The average Bonchev–Trinajstić information content (AvgIpc) is 2.17. The van der Waals surface area contributed by atoms with Crippen LogP contribution < -0.4 is 5.32 Å². The number of likely N-dealkylation sites (N-methyl/N-ethyl adjacent to an activating group) is 1. The molecule has 1 nitrogen and oxygen atoms in total. The van der Waals surface area contributed by atoms with Crippen molar-refractivity contribution in [2.45, 2.75) is 25.8 Å². The van der Waals surface area contributed by atoms with Gasteiger partial charge in [-0.1, -0.05) is 29.8 Å². The topological polar surface area (TPSA) is 12.0 Å². The predicted octanol–water partition coefficient (Wildman–Crippen LogP) is 2.15. The van der Waals surface area contributed by atoms with Crippen molar-refractivity contribution >= 4 is 0 Å². The molecule has 0 aromatic heterocycles. The number of nitrogens with one attached hydrogen (secondary N) is 1. The van der Waals surface area contributed by atoms with Crippen LogP contribution in [0.3, 0.4) is 0 Å². The summed E-state index contributed by atoms with van der Waals surface area (Å²) in [4.78, 5) is 0. The van der Waals surface area contributed by atoms with Crippen molar-refractivity contribution in [2.24, 2.45) is 0 Å². The van der Waals surface area contributed by atoms with Crippen LogP contribution in [-0.4, -0.2) is 13.1 Å². The van der Waals surface area contributed by atoms with Crippen LogP contribution in [0.1, 0.15) is 17.5 Å². The molecule has 74 valence electrons. The van der Waals surface area contributed by atoms with E-state index in [0.717, 1.165) is 12.8 Å². The Balaban J connectivity index is 2.63. The molecular weight excluding hydrogens is 170 g/mol. The number of hydrogen-bond acceptors (Lipinski definition) is 1. The smallest absolute Gasteiger partial charge is 0.0243 e. The molecule has 0 radical (unpaired) electrons. The summed E-state index contributed by atoms with van der Waals surface area (Å²) in [6.07, 6.45) is 7.08. The molecule has 1 aromatic rings. The van der Waals surface area contributed by atoms with E-state index >= 15 is 0 Å². The van der Waals surface area contributed by atoms with E-state index in [2.05, 4.69) is 42.4 Å². The highest BCUT2D eigenvalue weighted by molar-refractivity contribution is 5.23. The second-order valence-electron chi connectivity index (χ2n) is 3.59. The average molecular weight is 187 g/mol. The monoisotopic (exact) mass is 187 g/mol. The van der Waals surface area contributed by atoms with Crippen LogP contribution >= 0.6 is 0 Å². The summed E-state index contributed by atoms with van der Waals surface area (Å²) < 4.78 is 0. The fraction of sp³-hybridized carbons (Fsp3) is 0.385. The highest BCUT2D eigenvalue weighted by Crippen LogP contribution is 2.08. The maximum absolute atomic E-state index is 5.30. The first-order chi connectivity index (χ1) is 6.76. The zero-order valence-electron chi connectivity index (χ0n) is 8.88. The Labute approximate surface area is 86.5 Å². The van der Waals surface area contributed by atoms with E-state index < -0.39 is 0 Å². The molecule has 0 aliphatic rings. The lowest BCUT2D eigenvalue weighted by molar-refractivity contribution is 0.573. The van der Waals surface area contributed by atoms with Gasteiger partial charge in [-0.25, -0.2) is 0 Å². The van der Waals surface area contributed by atoms with E-state index in [9.17, 15) is 0 Å². The molecule has 0 spiro atoms. The first kappa shape index (κ1) is 10.8. The molecule has 1 rings (SSSR count). The maximum Gasteiger partial charge on any atom is 0.0243 e. The molecule has 1 atom stereocenters. The molecule has 0 saturated carbocycles. The van der Waals surface area contributed by atoms with Gasteiger partial charge in [0.15, 0.2) is 0 Å². The lowest BCUT2D eigenvalue weighted by atomic mass is 10.0. The van der Waals surface area contributed by atoms with Crippen LogP contribution in [0.4, 0.5) is 0 Å². The van der Waals surface area contributed by atoms with E-state index in [1.807, 2.05) is 7.05 Å². The van der Waals surface area contributed by atoms with Crippen LogP contribution in [0.5, 0.6) is 0 Å². The van der Waals surface area contributed by atoms with Crippen molar-refractivity contribution in [1.29, 1.82) is 0 Å². The zero-order valence-corrected chi connectivity index (χ0v) is 8.88. The number of terminal acetylenes is 1. The third kappa shape index (κ3) is 3.24. The number of aryl methyl sites for hydroxylation is 1. The summed E-state index contributed by atoms with van der Waals surface area (Å²) >= 11 is 0. The van der Waals surface area contributed by atoms with Crippen LogP contribution in [0.2, 0.25) is 0 Å². The Morgan fingerprint density at radius 3 is 2.86 bits per heavy atom. The van der Waals surface area contributed by atoms with Gasteiger partial charge in [0.1, 0.15) is 0 Å². The summed E-state index contributed by atoms with van der Waals surface area (Å²) in [5.74, 6) is 2.69. The number of benzene rings is 1. The van der Waals surface area contributed by atoms with E-state index in [1.54, 1.807) is 0 Å². The van der Waals surface area contributed by atoms with Crippen LogP contribution in [0.15, 0.2) is 24.3 Å². The molecule has 14 heavy (non-hydrogen) atoms. The van der Waals surface area contributed by atoms with E-state index in [-0.39, 0.29) is 0 Å². The molecule has 1 aromatic carbocycles. The van der Waals surface area contributed by atoms with E-state index in [1.165, 1.54) is 11.1 Å². The summed E-state index contributed by atoms with van der Waals surface area (Å²) in [6.45, 7) is 2.11. The highest BCUT2D eigenvalue weighted by atomic mass is 14.9. The molecule has 0 fully saturated rings. The molecule has 1 heteroatoms. The Morgan fingerprint density at radius 2 is 2.29 bits per heavy atom. The van der Waals surface area contributed by atoms with Crippen molar-refractivity contribution in [3.05, 3.63) is 35.4 Å². The third-order valence-electron chi connectivity index (χ3n) is 2.34. The lowest BCUT2D eigenvalue weighted by Crippen LogP contribution is -2.26. The largest absolute Gasteiger partial charge is 0.316 e. The number of hydrogen-bond donors (Lipinski definition) is 1. The SMILES string of the molecule is C#CCC(Cc1cccc(C)c1)NC. The standard InChI is InChI=1S/C13H17N/c1-4-6-13(14-3)10-12-8-5-7-11(2)9-12/h1,5,7-9,13-14H,6,10H2,2-3H3. The zero-order chi connectivity index (χ0) is 10.4. The minimum atomic E-state index is 0.391. The van der Waals surface area contributed by atoms with Crippen molar-refractivity contribution in [3.8, 4) is 12.3 Å². The molecule has 0 aliphatic carbocycles. The quantitative estimate of drug-likeness (QED) is 0.712. The fourth-order valence-corrected chi connectivity index (χ4v) is 1.54. The van der Waals surface area contributed by atoms with Crippen LogP contribution in [0.25, 0.3) is 0 Å². The van der Waals surface area contributed by atoms with Gasteiger partial charge in [-0.3, -0.25) is 0 Å². The van der Waals surface area contributed by atoms with Gasteiger partial charge in [-0.2, -0.15) is 0 Å². The number of rotatable bonds is 4. The van der Waals surface area contributed by atoms with Gasteiger partial charge >= 0.3 is 0 Å². The normalized spacial score (nSPS) is 12.1. The molecule has 0 saturated heterocycles. The van der Waals surface area contributed by atoms with Gasteiger partial charge in [0.05, 0.1) is 0 Å². The summed E-state index contributed by atoms with van der Waals surface area (Å²) in [6, 6.07) is 8.95. The Bertz CT molecular complexity index is 322. The Hall–Kier alpha value is -1.26. The van der Waals surface area contributed by atoms with Crippen LogP contribution in [-0.2, 0) is 6.42 Å². The lowest BCUT2D eigenvalue weighted by Gasteiger charge is -2.13. The molecule has 0 amide bonds. The first-order valence-electron chi connectivity index (χ1n) is 4.92. The van der Waals surface area contributed by atoms with E-state index in [0.29, 0.717) is 6.04 Å². The van der Waals surface area contributed by atoms with Gasteiger partial charge in [0.2, 0.25) is 0 Å². The third-order valence-corrected chi connectivity index (χ3v) is 2.34. The van der Waals surface area contributed by atoms with Crippen molar-refractivity contribution in [2.75, 3.05) is 7.05 Å². The maximum atomic E-state index is 5.30. The second kappa shape index (κ2) is 5.47. The highest BCUT2D eigenvalue weighted by Gasteiger charge is 2.04. The molecule has 0 heterocycles. The van der Waals surface area contributed by atoms with Gasteiger partial charge < -0.3 is 5.32 Å². The minimum absolute atomic E-state index is 0.391. The molecular formula is C13H17N. The fourth-order valence-electron chi connectivity index (χ4n) is 1.54. The van der Waals surface area contributed by atoms with Crippen molar-refractivity contribution in [3.63, 3.8) is 0 Å². The van der Waals surface area contributed by atoms with Gasteiger partial charge in [-0.15, -0.1) is 12.3 Å². The first-order valence-corrected chi connectivity index (χ1v) is 4.92. The Morgan fingerprint density at radius 1 is 1.50 bits per heavy atom. The summed E-state index contributed by atoms with van der Waals surface area (Å²) in [5, 5.41) is 3.23.